The zero-order valence-corrected chi connectivity index (χ0v) is 21.0. The molecule has 0 bridgehead atoms. The molecule has 0 aromatic heterocycles. The van der Waals surface area contributed by atoms with Crippen LogP contribution in [0.25, 0.3) is 22.3 Å². The Balaban J connectivity index is 1.55. The molecule has 0 heterocycles. The monoisotopic (exact) mass is 566 g/mol. The lowest BCUT2D eigenvalue weighted by Crippen LogP contribution is -2.25. The molecule has 10 heteroatoms. The summed E-state index contributed by atoms with van der Waals surface area (Å²) >= 11 is 0. The maximum absolute atomic E-state index is 15.0. The molecule has 0 amide bonds. The van der Waals surface area contributed by atoms with Crippen LogP contribution in [0.3, 0.4) is 0 Å². The predicted octanol–water partition coefficient (Wildman–Crippen LogP) is 9.81. The standard InChI is InChI=1S/C30H22F8O2/c1-2-3-4-18-5-7-19(8-6-18)20-9-14-24(25(31)15-20)21-16-26(32)28(27(33)17-21)29(34,35)39-22-10-12-23(13-11-22)40-30(36,37)38/h5-17H,2-4H2,1H3. The van der Waals surface area contributed by atoms with Gasteiger partial charge in [0.2, 0.25) is 0 Å². The van der Waals surface area contributed by atoms with Crippen molar-refractivity contribution >= 4 is 0 Å². The average molecular weight is 566 g/mol. The highest BCUT2D eigenvalue weighted by Gasteiger charge is 2.41. The molecule has 2 nitrogen and oxygen atoms in total. The molecule has 0 radical (unpaired) electrons. The molecule has 4 rings (SSSR count). The van der Waals surface area contributed by atoms with Crippen molar-refractivity contribution in [3.63, 3.8) is 0 Å². The Hall–Kier alpha value is -4.08. The second-order valence-corrected chi connectivity index (χ2v) is 8.95. The van der Waals surface area contributed by atoms with Gasteiger partial charge < -0.3 is 9.47 Å². The SMILES string of the molecule is CCCCc1ccc(-c2ccc(-c3cc(F)c(C(F)(F)Oc4ccc(OC(F)(F)F)cc4)c(F)c3)c(F)c2)cc1. The van der Waals surface area contributed by atoms with Crippen LogP contribution in [-0.2, 0) is 12.5 Å². The topological polar surface area (TPSA) is 18.5 Å². The molecule has 40 heavy (non-hydrogen) atoms. The van der Waals surface area contributed by atoms with Crippen molar-refractivity contribution in [2.75, 3.05) is 0 Å². The van der Waals surface area contributed by atoms with Gasteiger partial charge in [-0.05, 0) is 77.6 Å². The van der Waals surface area contributed by atoms with E-state index in [2.05, 4.69) is 16.4 Å². The molecule has 0 fully saturated rings. The Morgan fingerprint density at radius 3 is 1.65 bits per heavy atom. The lowest BCUT2D eigenvalue weighted by atomic mass is 9.97. The predicted molar refractivity (Wildman–Crippen MR) is 133 cm³/mol. The number of rotatable bonds is 9. The van der Waals surface area contributed by atoms with Gasteiger partial charge >= 0.3 is 12.5 Å². The van der Waals surface area contributed by atoms with E-state index in [0.29, 0.717) is 29.8 Å². The number of alkyl halides is 5. The molecular weight excluding hydrogens is 544 g/mol. The molecule has 210 valence electrons. The minimum Gasteiger partial charge on any atom is -0.429 e. The molecule has 0 aliphatic rings. The lowest BCUT2D eigenvalue weighted by Gasteiger charge is -2.20. The molecular formula is C30H22F8O2. The van der Waals surface area contributed by atoms with Gasteiger partial charge in [0.25, 0.3) is 0 Å². The third-order valence-electron chi connectivity index (χ3n) is 6.02. The van der Waals surface area contributed by atoms with Crippen LogP contribution >= 0.6 is 0 Å². The van der Waals surface area contributed by atoms with Gasteiger partial charge in [-0.2, -0.15) is 8.78 Å². The van der Waals surface area contributed by atoms with Gasteiger partial charge in [-0.1, -0.05) is 49.7 Å². The van der Waals surface area contributed by atoms with Crippen molar-refractivity contribution < 1.29 is 44.6 Å². The summed E-state index contributed by atoms with van der Waals surface area (Å²) in [5, 5.41) is 0. The average Bonchev–Trinajstić information content (AvgIpc) is 2.87. The second kappa shape index (κ2) is 11.6. The lowest BCUT2D eigenvalue weighted by molar-refractivity contribution is -0.274. The Morgan fingerprint density at radius 2 is 1.12 bits per heavy atom. The first kappa shape index (κ1) is 28.9. The van der Waals surface area contributed by atoms with E-state index in [-0.39, 0.29) is 11.1 Å². The molecule has 4 aromatic rings. The van der Waals surface area contributed by atoms with Gasteiger partial charge in [-0.15, -0.1) is 13.2 Å². The van der Waals surface area contributed by atoms with Crippen LogP contribution in [0.15, 0.2) is 78.9 Å². The van der Waals surface area contributed by atoms with Crippen molar-refractivity contribution in [1.29, 1.82) is 0 Å². The van der Waals surface area contributed by atoms with Crippen LogP contribution in [0.5, 0.6) is 11.5 Å². The van der Waals surface area contributed by atoms with Gasteiger partial charge in [0.1, 0.15) is 34.5 Å². The van der Waals surface area contributed by atoms with Crippen molar-refractivity contribution in [3.05, 3.63) is 107 Å². The number of hydrogen-bond acceptors (Lipinski definition) is 2. The fourth-order valence-corrected chi connectivity index (χ4v) is 4.09. The van der Waals surface area contributed by atoms with Crippen LogP contribution in [-0.4, -0.2) is 6.36 Å². The maximum Gasteiger partial charge on any atom is 0.573 e. The van der Waals surface area contributed by atoms with Crippen LogP contribution < -0.4 is 9.47 Å². The van der Waals surface area contributed by atoms with Crippen LogP contribution in [0.2, 0.25) is 0 Å². The molecule has 0 N–H and O–H groups in total. The van der Waals surface area contributed by atoms with Crippen LogP contribution in [0.1, 0.15) is 30.9 Å². The van der Waals surface area contributed by atoms with Crippen LogP contribution in [0, 0.1) is 17.5 Å². The van der Waals surface area contributed by atoms with Crippen molar-refractivity contribution in [1.82, 2.24) is 0 Å². The Kier molecular flexibility index (Phi) is 8.37. The summed E-state index contributed by atoms with van der Waals surface area (Å²) in [4.78, 5) is 0. The highest BCUT2D eigenvalue weighted by atomic mass is 19.4. The van der Waals surface area contributed by atoms with Gasteiger partial charge in [0, 0.05) is 5.56 Å². The first-order valence-corrected chi connectivity index (χ1v) is 12.2. The normalized spacial score (nSPS) is 11.9. The Labute approximate surface area is 224 Å². The largest absolute Gasteiger partial charge is 0.573 e. The molecule has 0 aliphatic heterocycles. The van der Waals surface area contributed by atoms with Gasteiger partial charge in [0.15, 0.2) is 0 Å². The zero-order chi connectivity index (χ0) is 29.1. The maximum atomic E-state index is 15.0. The number of hydrogen-bond donors (Lipinski definition) is 0. The van der Waals surface area contributed by atoms with Crippen molar-refractivity contribution in [3.8, 4) is 33.8 Å². The molecule has 0 aliphatic carbocycles. The minimum atomic E-state index is -5.00. The van der Waals surface area contributed by atoms with E-state index in [1.807, 2.05) is 24.3 Å². The van der Waals surface area contributed by atoms with E-state index in [9.17, 15) is 35.1 Å². The third kappa shape index (κ3) is 6.91. The number of benzene rings is 4. The van der Waals surface area contributed by atoms with E-state index in [1.165, 1.54) is 12.1 Å². The second-order valence-electron chi connectivity index (χ2n) is 8.95. The molecule has 0 saturated heterocycles. The first-order chi connectivity index (χ1) is 18.9. The Morgan fingerprint density at radius 1 is 0.600 bits per heavy atom. The summed E-state index contributed by atoms with van der Waals surface area (Å²) in [5.74, 6) is -5.61. The Bertz CT molecular complexity index is 1440. The summed E-state index contributed by atoms with van der Waals surface area (Å²) in [6.07, 6.45) is -6.53. The summed E-state index contributed by atoms with van der Waals surface area (Å²) in [6, 6.07) is 15.5. The summed E-state index contributed by atoms with van der Waals surface area (Å²) in [6.45, 7) is 2.09. The third-order valence-corrected chi connectivity index (χ3v) is 6.02. The number of unbranched alkanes of at least 4 members (excludes halogenated alkanes) is 1. The molecule has 4 aromatic carbocycles. The van der Waals surface area contributed by atoms with E-state index >= 15 is 0 Å². The summed E-state index contributed by atoms with van der Waals surface area (Å²) in [7, 11) is 0. The van der Waals surface area contributed by atoms with E-state index < -0.39 is 47.0 Å². The van der Waals surface area contributed by atoms with E-state index in [1.54, 1.807) is 6.07 Å². The fourth-order valence-electron chi connectivity index (χ4n) is 4.09. The number of ether oxygens (including phenoxy) is 2. The zero-order valence-electron chi connectivity index (χ0n) is 21.0. The summed E-state index contributed by atoms with van der Waals surface area (Å²) < 4.78 is 119. The fraction of sp³-hybridized carbons (Fsp3) is 0.200. The summed E-state index contributed by atoms with van der Waals surface area (Å²) in [5.41, 5.74) is 0.119. The number of aryl methyl sites for hydroxylation is 1. The van der Waals surface area contributed by atoms with Gasteiger partial charge in [0.05, 0.1) is 0 Å². The molecule has 0 unspecified atom stereocenters. The molecule has 0 spiro atoms. The van der Waals surface area contributed by atoms with Crippen molar-refractivity contribution in [2.24, 2.45) is 0 Å². The van der Waals surface area contributed by atoms with Crippen molar-refractivity contribution in [2.45, 2.75) is 38.7 Å². The highest BCUT2D eigenvalue weighted by Crippen LogP contribution is 2.38. The van der Waals surface area contributed by atoms with Gasteiger partial charge in [-0.3, -0.25) is 0 Å². The van der Waals surface area contributed by atoms with E-state index in [0.717, 1.165) is 42.5 Å². The van der Waals surface area contributed by atoms with Gasteiger partial charge in [-0.25, -0.2) is 13.2 Å². The van der Waals surface area contributed by atoms with Crippen LogP contribution in [0.4, 0.5) is 35.1 Å². The smallest absolute Gasteiger partial charge is 0.429 e. The molecule has 0 saturated carbocycles. The van der Waals surface area contributed by atoms with E-state index in [4.69, 9.17) is 0 Å². The quantitative estimate of drug-likeness (QED) is 0.188. The first-order valence-electron chi connectivity index (χ1n) is 12.2. The number of halogens is 8. The minimum absolute atomic E-state index is 0.211. The molecule has 0 atom stereocenters. The highest BCUT2D eigenvalue weighted by molar-refractivity contribution is 5.71.